The van der Waals surface area contributed by atoms with Crippen LogP contribution in [0.3, 0.4) is 0 Å². The number of aryl methyl sites for hydroxylation is 2. The van der Waals surface area contributed by atoms with Crippen molar-refractivity contribution >= 4 is 15.9 Å². The van der Waals surface area contributed by atoms with Crippen molar-refractivity contribution in [3.05, 3.63) is 47.5 Å². The number of alkyl halides is 1. The normalized spacial score (nSPS) is 21.8. The van der Waals surface area contributed by atoms with E-state index in [9.17, 15) is 0 Å². The fraction of sp³-hybridized carbons (Fsp3) is 0.529. The Morgan fingerprint density at radius 2 is 2.19 bits per heavy atom. The van der Waals surface area contributed by atoms with E-state index in [-0.39, 0.29) is 0 Å². The lowest BCUT2D eigenvalue weighted by Crippen LogP contribution is -2.15. The molecule has 4 heteroatoms. The highest BCUT2D eigenvalue weighted by molar-refractivity contribution is 9.09. The maximum absolute atomic E-state index is 4.48. The van der Waals surface area contributed by atoms with Gasteiger partial charge in [0.15, 0.2) is 0 Å². The van der Waals surface area contributed by atoms with E-state index in [0.29, 0.717) is 10.7 Å². The highest BCUT2D eigenvalue weighted by Crippen LogP contribution is 2.40. The largest absolute Gasteiger partial charge is 0.250 e. The van der Waals surface area contributed by atoms with Crippen LogP contribution in [0.25, 0.3) is 0 Å². The highest BCUT2D eigenvalue weighted by Gasteiger charge is 2.27. The first-order chi connectivity index (χ1) is 10.3. The number of fused-ring (bicyclic) bond motifs is 1. The Balaban J connectivity index is 1.81. The maximum Gasteiger partial charge on any atom is 0.138 e. The van der Waals surface area contributed by atoms with E-state index < -0.39 is 0 Å². The predicted octanol–water partition coefficient (Wildman–Crippen LogP) is 4.32. The Bertz CT molecular complexity index is 593. The van der Waals surface area contributed by atoms with Gasteiger partial charge in [-0.25, -0.2) is 4.98 Å². The average Bonchev–Trinajstić information content (AvgIpc) is 2.87. The monoisotopic (exact) mass is 347 g/mol. The molecule has 0 N–H and O–H groups in total. The molecule has 1 aliphatic rings. The highest BCUT2D eigenvalue weighted by atomic mass is 79.9. The molecule has 1 aliphatic carbocycles. The van der Waals surface area contributed by atoms with Gasteiger partial charge in [0.2, 0.25) is 0 Å². The molecule has 0 fully saturated rings. The molecule has 2 atom stereocenters. The van der Waals surface area contributed by atoms with E-state index in [2.05, 4.69) is 61.9 Å². The lowest BCUT2D eigenvalue weighted by molar-refractivity contribution is 0.444. The first kappa shape index (κ1) is 14.8. The van der Waals surface area contributed by atoms with Crippen LogP contribution in [-0.4, -0.2) is 14.8 Å². The molecule has 0 saturated heterocycles. The Kier molecular flexibility index (Phi) is 4.73. The molecule has 1 aromatic heterocycles. The minimum Gasteiger partial charge on any atom is -0.250 e. The van der Waals surface area contributed by atoms with Crippen LogP contribution >= 0.6 is 15.9 Å². The quantitative estimate of drug-likeness (QED) is 0.609. The van der Waals surface area contributed by atoms with Gasteiger partial charge in [-0.05, 0) is 42.7 Å². The summed E-state index contributed by atoms with van der Waals surface area (Å²) in [7, 11) is 0. The second-order valence-corrected chi connectivity index (χ2v) is 6.84. The lowest BCUT2D eigenvalue weighted by atomic mass is 9.93. The molecular formula is C17H22BrN3. The zero-order valence-electron chi connectivity index (χ0n) is 12.5. The second kappa shape index (κ2) is 6.73. The van der Waals surface area contributed by atoms with Crippen molar-refractivity contribution in [2.24, 2.45) is 5.92 Å². The minimum absolute atomic E-state index is 0.419. The molecule has 1 heterocycles. The third kappa shape index (κ3) is 3.20. The minimum atomic E-state index is 0.419. The fourth-order valence-corrected chi connectivity index (χ4v) is 4.17. The van der Waals surface area contributed by atoms with Crippen LogP contribution in [-0.2, 0) is 19.4 Å². The van der Waals surface area contributed by atoms with Gasteiger partial charge >= 0.3 is 0 Å². The molecule has 3 rings (SSSR count). The number of halogens is 1. The van der Waals surface area contributed by atoms with E-state index >= 15 is 0 Å². The predicted molar refractivity (Wildman–Crippen MR) is 88.6 cm³/mol. The third-order valence-electron chi connectivity index (χ3n) is 4.36. The average molecular weight is 348 g/mol. The van der Waals surface area contributed by atoms with Crippen molar-refractivity contribution in [3.8, 4) is 0 Å². The Morgan fingerprint density at radius 1 is 1.33 bits per heavy atom. The number of nitrogens with zero attached hydrogens (tertiary/aromatic N) is 3. The van der Waals surface area contributed by atoms with Crippen molar-refractivity contribution in [1.82, 2.24) is 14.8 Å². The second-order valence-electron chi connectivity index (χ2n) is 5.86. The summed E-state index contributed by atoms with van der Waals surface area (Å²) in [6.45, 7) is 3.15. The molecule has 0 radical (unpaired) electrons. The lowest BCUT2D eigenvalue weighted by Gasteiger charge is -2.21. The standard InChI is InChI=1S/C17H22BrN3/c1-2-10-21-16(19-12-20-21)11-14-8-5-7-13-6-3-4-9-15(13)17(14)18/h3-4,6,9,12,14,17H,2,5,7-8,10-11H2,1H3. The summed E-state index contributed by atoms with van der Waals surface area (Å²) >= 11 is 3.96. The van der Waals surface area contributed by atoms with Crippen LogP contribution < -0.4 is 0 Å². The molecule has 0 amide bonds. The van der Waals surface area contributed by atoms with Crippen LogP contribution in [0.5, 0.6) is 0 Å². The molecule has 0 spiro atoms. The van der Waals surface area contributed by atoms with Crippen molar-refractivity contribution in [1.29, 1.82) is 0 Å². The van der Waals surface area contributed by atoms with Gasteiger partial charge in [-0.1, -0.05) is 47.1 Å². The van der Waals surface area contributed by atoms with Crippen LogP contribution in [0.15, 0.2) is 30.6 Å². The molecule has 2 unspecified atom stereocenters. The van der Waals surface area contributed by atoms with Gasteiger partial charge < -0.3 is 0 Å². The Morgan fingerprint density at radius 3 is 3.05 bits per heavy atom. The van der Waals surface area contributed by atoms with E-state index in [0.717, 1.165) is 25.2 Å². The van der Waals surface area contributed by atoms with Gasteiger partial charge in [0.1, 0.15) is 12.2 Å². The molecular weight excluding hydrogens is 326 g/mol. The Labute approximate surface area is 134 Å². The van der Waals surface area contributed by atoms with Crippen LogP contribution in [0.2, 0.25) is 0 Å². The van der Waals surface area contributed by atoms with E-state index in [1.807, 2.05) is 0 Å². The first-order valence-electron chi connectivity index (χ1n) is 7.88. The molecule has 1 aromatic carbocycles. The number of aromatic nitrogens is 3. The van der Waals surface area contributed by atoms with Crippen molar-refractivity contribution < 1.29 is 0 Å². The molecule has 21 heavy (non-hydrogen) atoms. The number of benzene rings is 1. The van der Waals surface area contributed by atoms with Crippen molar-refractivity contribution in [2.45, 2.75) is 50.4 Å². The van der Waals surface area contributed by atoms with Gasteiger partial charge in [0, 0.05) is 17.8 Å². The van der Waals surface area contributed by atoms with Gasteiger partial charge in [-0.15, -0.1) is 0 Å². The van der Waals surface area contributed by atoms with Crippen LogP contribution in [0.1, 0.15) is 48.0 Å². The van der Waals surface area contributed by atoms with Crippen molar-refractivity contribution in [2.75, 3.05) is 0 Å². The van der Waals surface area contributed by atoms with E-state index in [1.165, 1.54) is 30.4 Å². The Hall–Kier alpha value is -1.16. The summed E-state index contributed by atoms with van der Waals surface area (Å²) in [6.07, 6.45) is 7.48. The van der Waals surface area contributed by atoms with Gasteiger partial charge in [-0.2, -0.15) is 5.10 Å². The van der Waals surface area contributed by atoms with Gasteiger partial charge in [0.05, 0.1) is 0 Å². The maximum atomic E-state index is 4.48. The molecule has 112 valence electrons. The summed E-state index contributed by atoms with van der Waals surface area (Å²) in [5.41, 5.74) is 2.96. The van der Waals surface area contributed by atoms with Crippen LogP contribution in [0.4, 0.5) is 0 Å². The smallest absolute Gasteiger partial charge is 0.138 e. The van der Waals surface area contributed by atoms with Gasteiger partial charge in [-0.3, -0.25) is 4.68 Å². The molecule has 2 aromatic rings. The third-order valence-corrected chi connectivity index (χ3v) is 5.60. The molecule has 0 saturated carbocycles. The first-order valence-corrected chi connectivity index (χ1v) is 8.79. The van der Waals surface area contributed by atoms with Gasteiger partial charge in [0.25, 0.3) is 0 Å². The zero-order chi connectivity index (χ0) is 14.7. The molecule has 0 bridgehead atoms. The molecule has 0 aliphatic heterocycles. The zero-order valence-corrected chi connectivity index (χ0v) is 14.1. The summed E-state index contributed by atoms with van der Waals surface area (Å²) in [6, 6.07) is 8.83. The molecule has 3 nitrogen and oxygen atoms in total. The van der Waals surface area contributed by atoms with Crippen LogP contribution in [0, 0.1) is 5.92 Å². The summed E-state index contributed by atoms with van der Waals surface area (Å²) in [5, 5.41) is 4.35. The summed E-state index contributed by atoms with van der Waals surface area (Å²) < 4.78 is 2.07. The van der Waals surface area contributed by atoms with E-state index in [4.69, 9.17) is 0 Å². The number of rotatable bonds is 4. The van der Waals surface area contributed by atoms with E-state index in [1.54, 1.807) is 6.33 Å². The summed E-state index contributed by atoms with van der Waals surface area (Å²) in [5.74, 6) is 1.72. The number of hydrogen-bond acceptors (Lipinski definition) is 2. The van der Waals surface area contributed by atoms with Crippen molar-refractivity contribution in [3.63, 3.8) is 0 Å². The SMILES string of the molecule is CCCn1ncnc1CC1CCCc2ccccc2C1Br. The number of hydrogen-bond donors (Lipinski definition) is 0. The summed E-state index contributed by atoms with van der Waals surface area (Å²) in [4.78, 5) is 4.90. The topological polar surface area (TPSA) is 30.7 Å². The fourth-order valence-electron chi connectivity index (χ4n) is 3.27.